The molecule has 0 bridgehead atoms. The number of carboxylic acids is 1. The number of aromatic carboxylic acids is 1. The van der Waals surface area contributed by atoms with Crippen LogP contribution >= 0.6 is 0 Å². The van der Waals surface area contributed by atoms with Gasteiger partial charge in [-0.15, -0.1) is 0 Å². The summed E-state index contributed by atoms with van der Waals surface area (Å²) in [6.07, 6.45) is 3.57. The first-order valence-corrected chi connectivity index (χ1v) is 6.81. The molecule has 20 heavy (non-hydrogen) atoms. The van der Waals surface area contributed by atoms with Crippen LogP contribution < -0.4 is 0 Å². The van der Waals surface area contributed by atoms with Crippen molar-refractivity contribution in [1.82, 2.24) is 9.55 Å². The molecule has 0 spiro atoms. The molecule has 2 heterocycles. The van der Waals surface area contributed by atoms with Crippen LogP contribution in [0.25, 0.3) is 11.0 Å². The lowest BCUT2D eigenvalue weighted by atomic mass is 9.93. The first kappa shape index (κ1) is 13.1. The predicted octanol–water partition coefficient (Wildman–Crippen LogP) is 2.86. The third-order valence-corrected chi connectivity index (χ3v) is 3.90. The maximum atomic E-state index is 11.2. The third kappa shape index (κ3) is 2.18. The minimum atomic E-state index is -0.937. The van der Waals surface area contributed by atoms with E-state index in [1.165, 1.54) is 0 Å². The molecule has 1 aliphatic heterocycles. The Morgan fingerprint density at radius 1 is 1.50 bits per heavy atom. The lowest BCUT2D eigenvalue weighted by Gasteiger charge is -2.36. The third-order valence-electron chi connectivity index (χ3n) is 3.90. The van der Waals surface area contributed by atoms with Crippen molar-refractivity contribution in [3.63, 3.8) is 0 Å². The minimum absolute atomic E-state index is 0.149. The van der Waals surface area contributed by atoms with E-state index in [4.69, 9.17) is 4.74 Å². The second kappa shape index (κ2) is 4.59. The van der Waals surface area contributed by atoms with Gasteiger partial charge in [0.15, 0.2) is 0 Å². The molecule has 1 aromatic heterocycles. The van der Waals surface area contributed by atoms with Crippen LogP contribution in [0.15, 0.2) is 24.5 Å². The largest absolute Gasteiger partial charge is 0.478 e. The normalized spacial score (nSPS) is 22.0. The summed E-state index contributed by atoms with van der Waals surface area (Å²) in [5.41, 5.74) is 1.55. The summed E-state index contributed by atoms with van der Waals surface area (Å²) in [6.45, 7) is 4.89. The van der Waals surface area contributed by atoms with E-state index < -0.39 is 5.97 Å². The summed E-state index contributed by atoms with van der Waals surface area (Å²) in [7, 11) is 0. The number of carbonyl (C=O) groups is 1. The summed E-state index contributed by atoms with van der Waals surface area (Å²) >= 11 is 0. The van der Waals surface area contributed by atoms with Crippen molar-refractivity contribution in [2.75, 3.05) is 6.61 Å². The zero-order valence-electron chi connectivity index (χ0n) is 11.7. The first-order chi connectivity index (χ1) is 9.48. The lowest BCUT2D eigenvalue weighted by Crippen LogP contribution is -2.34. The maximum Gasteiger partial charge on any atom is 0.337 e. The number of para-hydroxylation sites is 1. The average Bonchev–Trinajstić information content (AvgIpc) is 2.80. The molecule has 3 rings (SSSR count). The number of hydrogen-bond donors (Lipinski definition) is 1. The molecule has 1 aromatic carbocycles. The van der Waals surface area contributed by atoms with Gasteiger partial charge in [-0.25, -0.2) is 9.78 Å². The van der Waals surface area contributed by atoms with Gasteiger partial charge in [0.2, 0.25) is 0 Å². The van der Waals surface area contributed by atoms with Crippen LogP contribution in [0.4, 0.5) is 0 Å². The molecule has 2 aromatic rings. The van der Waals surface area contributed by atoms with Gasteiger partial charge in [0.1, 0.15) is 5.52 Å². The molecule has 1 N–H and O–H groups in total. The van der Waals surface area contributed by atoms with Crippen molar-refractivity contribution in [2.45, 2.75) is 38.3 Å². The molecular weight excluding hydrogens is 256 g/mol. The molecule has 5 nitrogen and oxygen atoms in total. The van der Waals surface area contributed by atoms with Crippen LogP contribution in [0.2, 0.25) is 0 Å². The lowest BCUT2D eigenvalue weighted by molar-refractivity contribution is -0.0685. The van der Waals surface area contributed by atoms with Crippen molar-refractivity contribution >= 4 is 17.0 Å². The highest BCUT2D eigenvalue weighted by molar-refractivity contribution is 6.00. The molecule has 0 aliphatic carbocycles. The van der Waals surface area contributed by atoms with Gasteiger partial charge >= 0.3 is 5.97 Å². The molecule has 1 unspecified atom stereocenters. The van der Waals surface area contributed by atoms with Crippen LogP contribution in [0.1, 0.15) is 43.1 Å². The van der Waals surface area contributed by atoms with Crippen molar-refractivity contribution in [3.05, 3.63) is 30.1 Å². The Hall–Kier alpha value is -1.88. The number of carboxylic acid groups (broad SMARTS) is 1. The van der Waals surface area contributed by atoms with E-state index in [0.717, 1.165) is 25.0 Å². The van der Waals surface area contributed by atoms with Gasteiger partial charge < -0.3 is 14.4 Å². The quantitative estimate of drug-likeness (QED) is 0.914. The standard InChI is InChI=1S/C15H18N2O3/c1-15(2)8-10(6-7-20-15)17-9-16-13-11(14(18)19)4-3-5-12(13)17/h3-5,9-10H,6-8H2,1-2H3,(H,18,19). The summed E-state index contributed by atoms with van der Waals surface area (Å²) < 4.78 is 7.83. The predicted molar refractivity (Wildman–Crippen MR) is 75.0 cm³/mol. The number of nitrogens with zero attached hydrogens (tertiary/aromatic N) is 2. The summed E-state index contributed by atoms with van der Waals surface area (Å²) in [6, 6.07) is 5.59. The average molecular weight is 274 g/mol. The summed E-state index contributed by atoms with van der Waals surface area (Å²) in [4.78, 5) is 15.5. The highest BCUT2D eigenvalue weighted by Gasteiger charge is 2.30. The van der Waals surface area contributed by atoms with E-state index in [0.29, 0.717) is 11.6 Å². The number of rotatable bonds is 2. The van der Waals surface area contributed by atoms with Gasteiger partial charge in [-0.3, -0.25) is 0 Å². The second-order valence-corrected chi connectivity index (χ2v) is 5.89. The van der Waals surface area contributed by atoms with Crippen molar-refractivity contribution in [1.29, 1.82) is 0 Å². The number of ether oxygens (including phenoxy) is 1. The first-order valence-electron chi connectivity index (χ1n) is 6.81. The molecule has 1 saturated heterocycles. The molecule has 0 saturated carbocycles. The molecular formula is C15H18N2O3. The summed E-state index contributed by atoms with van der Waals surface area (Å²) in [5.74, 6) is -0.937. The SMILES string of the molecule is CC1(C)CC(n2cnc3c(C(=O)O)cccc32)CCO1. The number of fused-ring (bicyclic) bond motifs is 1. The van der Waals surface area contributed by atoms with Gasteiger partial charge in [-0.05, 0) is 38.8 Å². The zero-order chi connectivity index (χ0) is 14.3. The Balaban J connectivity index is 2.05. The fourth-order valence-corrected chi connectivity index (χ4v) is 2.96. The number of aromatic nitrogens is 2. The van der Waals surface area contributed by atoms with Gasteiger partial charge in [0.25, 0.3) is 0 Å². The van der Waals surface area contributed by atoms with Gasteiger partial charge in [-0.1, -0.05) is 6.07 Å². The van der Waals surface area contributed by atoms with Crippen molar-refractivity contribution < 1.29 is 14.6 Å². The number of benzene rings is 1. The highest BCUT2D eigenvalue weighted by Crippen LogP contribution is 2.34. The van der Waals surface area contributed by atoms with E-state index in [2.05, 4.69) is 23.4 Å². The van der Waals surface area contributed by atoms with Crippen molar-refractivity contribution in [3.8, 4) is 0 Å². The Morgan fingerprint density at radius 3 is 3.00 bits per heavy atom. The fraction of sp³-hybridized carbons (Fsp3) is 0.467. The van der Waals surface area contributed by atoms with E-state index in [1.807, 2.05) is 6.07 Å². The van der Waals surface area contributed by atoms with Gasteiger partial charge in [-0.2, -0.15) is 0 Å². The minimum Gasteiger partial charge on any atom is -0.478 e. The monoisotopic (exact) mass is 274 g/mol. The van der Waals surface area contributed by atoms with Crippen LogP contribution in [0.3, 0.4) is 0 Å². The Labute approximate surface area is 117 Å². The molecule has 1 atom stereocenters. The molecule has 5 heteroatoms. The maximum absolute atomic E-state index is 11.2. The number of imidazole rings is 1. The molecule has 1 aliphatic rings. The summed E-state index contributed by atoms with van der Waals surface area (Å²) in [5, 5.41) is 9.22. The fourth-order valence-electron chi connectivity index (χ4n) is 2.96. The molecule has 0 amide bonds. The van der Waals surface area contributed by atoms with Crippen molar-refractivity contribution in [2.24, 2.45) is 0 Å². The highest BCUT2D eigenvalue weighted by atomic mass is 16.5. The van der Waals surface area contributed by atoms with Crippen LogP contribution in [0, 0.1) is 0 Å². The Bertz CT molecular complexity index is 660. The van der Waals surface area contributed by atoms with Gasteiger partial charge in [0.05, 0.1) is 23.0 Å². The zero-order valence-corrected chi connectivity index (χ0v) is 11.7. The molecule has 0 radical (unpaired) electrons. The molecule has 1 fully saturated rings. The van der Waals surface area contributed by atoms with E-state index in [-0.39, 0.29) is 11.2 Å². The second-order valence-electron chi connectivity index (χ2n) is 5.89. The van der Waals surface area contributed by atoms with Crippen LogP contribution in [0.5, 0.6) is 0 Å². The van der Waals surface area contributed by atoms with E-state index in [1.54, 1.807) is 18.5 Å². The smallest absolute Gasteiger partial charge is 0.337 e. The Kier molecular flexibility index (Phi) is 3.01. The number of hydrogen-bond acceptors (Lipinski definition) is 3. The molecule has 106 valence electrons. The topological polar surface area (TPSA) is 64.4 Å². The van der Waals surface area contributed by atoms with E-state index >= 15 is 0 Å². The van der Waals surface area contributed by atoms with Gasteiger partial charge in [0, 0.05) is 12.6 Å². The van der Waals surface area contributed by atoms with Crippen LogP contribution in [-0.2, 0) is 4.74 Å². The van der Waals surface area contributed by atoms with Crippen LogP contribution in [-0.4, -0.2) is 32.8 Å². The van der Waals surface area contributed by atoms with E-state index in [9.17, 15) is 9.90 Å². The Morgan fingerprint density at radius 2 is 2.30 bits per heavy atom.